The monoisotopic (exact) mass is 425 g/mol. The van der Waals surface area contributed by atoms with Crippen LogP contribution in [0.5, 0.6) is 11.5 Å². The van der Waals surface area contributed by atoms with Crippen molar-refractivity contribution in [1.82, 2.24) is 9.38 Å². The number of rotatable bonds is 5. The van der Waals surface area contributed by atoms with E-state index in [1.807, 2.05) is 5.38 Å². The summed E-state index contributed by atoms with van der Waals surface area (Å²) in [6.07, 6.45) is 3.23. The summed E-state index contributed by atoms with van der Waals surface area (Å²) in [7, 11) is 1.30. The van der Waals surface area contributed by atoms with Gasteiger partial charge in [0.25, 0.3) is 0 Å². The molecule has 1 aliphatic rings. The van der Waals surface area contributed by atoms with E-state index in [2.05, 4.69) is 14.7 Å². The number of hydrogen-bond donors (Lipinski definition) is 0. The Labute approximate surface area is 165 Å². The largest absolute Gasteiger partial charge is 0.493 e. The Bertz CT molecular complexity index is 1140. The van der Waals surface area contributed by atoms with E-state index in [1.165, 1.54) is 42.7 Å². The normalized spacial score (nSPS) is 15.4. The molecule has 0 fully saturated rings. The molecule has 1 aliphatic heterocycles. The molecule has 2 aromatic heterocycles. The highest BCUT2D eigenvalue weighted by Gasteiger charge is 2.26. The number of hydrogen-bond acceptors (Lipinski definition) is 7. The Kier molecular flexibility index (Phi) is 4.73. The number of nitrogens with zero attached hydrogens (tertiary/aromatic N) is 3. The summed E-state index contributed by atoms with van der Waals surface area (Å²) in [5.41, 5.74) is 0.875. The first kappa shape index (κ1) is 18.4. The third-order valence-corrected chi connectivity index (χ3v) is 4.81. The summed E-state index contributed by atoms with van der Waals surface area (Å²) in [6, 6.07) is 4.09. The maximum Gasteiger partial charge on any atom is 0.387 e. The maximum atomic E-state index is 12.4. The lowest BCUT2D eigenvalue weighted by Gasteiger charge is -2.10. The molecular formula is C17H10ClF2N3O4S. The van der Waals surface area contributed by atoms with E-state index < -0.39 is 12.6 Å². The molecule has 0 saturated heterocycles. The fourth-order valence-electron chi connectivity index (χ4n) is 2.56. The van der Waals surface area contributed by atoms with Crippen LogP contribution in [0.3, 0.4) is 0 Å². The van der Waals surface area contributed by atoms with Gasteiger partial charge in [-0.05, 0) is 24.3 Å². The fraction of sp³-hybridized carbons (Fsp3) is 0.118. The van der Waals surface area contributed by atoms with E-state index in [0.29, 0.717) is 16.2 Å². The van der Waals surface area contributed by atoms with Crippen molar-refractivity contribution in [3.8, 4) is 11.5 Å². The van der Waals surface area contributed by atoms with Crippen LogP contribution in [0, 0.1) is 0 Å². The van der Waals surface area contributed by atoms with E-state index in [1.54, 1.807) is 10.6 Å². The molecule has 0 radical (unpaired) electrons. The van der Waals surface area contributed by atoms with Gasteiger partial charge in [-0.1, -0.05) is 11.6 Å². The Balaban J connectivity index is 1.69. The molecule has 0 aliphatic carbocycles. The number of benzene rings is 1. The second-order valence-electron chi connectivity index (χ2n) is 5.42. The van der Waals surface area contributed by atoms with Gasteiger partial charge >= 0.3 is 12.6 Å². The van der Waals surface area contributed by atoms with Crippen LogP contribution in [-0.4, -0.2) is 35.0 Å². The average molecular weight is 426 g/mol. The molecule has 0 amide bonds. The van der Waals surface area contributed by atoms with Crippen LogP contribution >= 0.6 is 22.9 Å². The number of fused-ring (bicyclic) bond motifs is 1. The minimum absolute atomic E-state index is 0.000321. The number of ether oxygens (including phenoxy) is 3. The Morgan fingerprint density at radius 1 is 1.36 bits per heavy atom. The number of aromatic nitrogens is 2. The van der Waals surface area contributed by atoms with E-state index in [-0.39, 0.29) is 28.2 Å². The molecule has 0 atom stereocenters. The van der Waals surface area contributed by atoms with Crippen molar-refractivity contribution >= 4 is 45.8 Å². The molecule has 4 rings (SSSR count). The van der Waals surface area contributed by atoms with Crippen LogP contribution in [0.4, 0.5) is 8.78 Å². The van der Waals surface area contributed by atoms with Crippen LogP contribution < -0.4 is 9.47 Å². The van der Waals surface area contributed by atoms with Crippen LogP contribution in [0.25, 0.3) is 11.0 Å². The van der Waals surface area contributed by atoms with Crippen molar-refractivity contribution in [3.05, 3.63) is 51.9 Å². The third-order valence-electron chi connectivity index (χ3n) is 3.77. The molecule has 0 unspecified atom stereocenters. The summed E-state index contributed by atoms with van der Waals surface area (Å²) >= 11 is 7.52. The second-order valence-corrected chi connectivity index (χ2v) is 6.65. The first-order valence-corrected chi connectivity index (χ1v) is 8.99. The van der Waals surface area contributed by atoms with Gasteiger partial charge in [-0.3, -0.25) is 4.40 Å². The Morgan fingerprint density at radius 2 is 2.18 bits per heavy atom. The molecule has 0 bridgehead atoms. The third kappa shape index (κ3) is 3.32. The summed E-state index contributed by atoms with van der Waals surface area (Å²) in [5.74, 6) is -0.774. The topological polar surface area (TPSA) is 74.4 Å². The van der Waals surface area contributed by atoms with Gasteiger partial charge in [-0.15, -0.1) is 11.3 Å². The van der Waals surface area contributed by atoms with Crippen molar-refractivity contribution < 1.29 is 27.8 Å². The van der Waals surface area contributed by atoms with Crippen LogP contribution in [0.1, 0.15) is 11.3 Å². The number of thiazole rings is 1. The molecule has 28 heavy (non-hydrogen) atoms. The highest BCUT2D eigenvalue weighted by atomic mass is 35.5. The highest BCUT2D eigenvalue weighted by Crippen LogP contribution is 2.31. The predicted molar refractivity (Wildman–Crippen MR) is 98.3 cm³/mol. The standard InChI is InChI=1S/C17H10ClF2N3O4S/c1-25-12-6-8(2-3-11(12)26-16(19)20)14-21-9(15(24)27-14)7-10-13(18)22-17-23(10)4-5-28-17/h2-7,16H,1H3/b9-7-. The Morgan fingerprint density at radius 3 is 2.93 bits per heavy atom. The number of halogens is 3. The van der Waals surface area contributed by atoms with Crippen LogP contribution in [0.15, 0.2) is 40.5 Å². The van der Waals surface area contributed by atoms with E-state index in [4.69, 9.17) is 21.1 Å². The van der Waals surface area contributed by atoms with E-state index in [0.717, 1.165) is 0 Å². The maximum absolute atomic E-state index is 12.4. The fourth-order valence-corrected chi connectivity index (χ4v) is 3.56. The van der Waals surface area contributed by atoms with Gasteiger partial charge in [-0.2, -0.15) is 8.78 Å². The van der Waals surface area contributed by atoms with Gasteiger partial charge < -0.3 is 14.2 Å². The number of carbonyl (C=O) groups excluding carboxylic acids is 1. The molecule has 1 aromatic carbocycles. The molecule has 3 heterocycles. The quantitative estimate of drug-likeness (QED) is 0.456. The highest BCUT2D eigenvalue weighted by molar-refractivity contribution is 7.15. The molecule has 0 spiro atoms. The summed E-state index contributed by atoms with van der Waals surface area (Å²) in [6.45, 7) is -3.00. The molecule has 11 heteroatoms. The van der Waals surface area contributed by atoms with Crippen molar-refractivity contribution in [2.45, 2.75) is 6.61 Å². The summed E-state index contributed by atoms with van der Waals surface area (Å²) in [5, 5.41) is 2.06. The lowest BCUT2D eigenvalue weighted by atomic mass is 10.2. The van der Waals surface area contributed by atoms with Gasteiger partial charge in [0.1, 0.15) is 0 Å². The zero-order valence-corrected chi connectivity index (χ0v) is 15.6. The number of cyclic esters (lactones) is 1. The van der Waals surface area contributed by atoms with Crippen LogP contribution in [-0.2, 0) is 9.53 Å². The van der Waals surface area contributed by atoms with Gasteiger partial charge in [0.2, 0.25) is 5.90 Å². The van der Waals surface area contributed by atoms with Crippen molar-refractivity contribution in [2.75, 3.05) is 7.11 Å². The van der Waals surface area contributed by atoms with E-state index >= 15 is 0 Å². The van der Waals surface area contributed by atoms with Gasteiger partial charge in [0, 0.05) is 17.1 Å². The summed E-state index contributed by atoms with van der Waals surface area (Å²) < 4.78 is 41.2. The zero-order valence-electron chi connectivity index (χ0n) is 14.1. The lowest BCUT2D eigenvalue weighted by Crippen LogP contribution is -2.07. The van der Waals surface area contributed by atoms with Crippen LogP contribution in [0.2, 0.25) is 5.15 Å². The molecule has 0 N–H and O–H groups in total. The molecular weight excluding hydrogens is 416 g/mol. The minimum Gasteiger partial charge on any atom is -0.493 e. The van der Waals surface area contributed by atoms with E-state index in [9.17, 15) is 13.6 Å². The van der Waals surface area contributed by atoms with Gasteiger partial charge in [0.15, 0.2) is 27.3 Å². The van der Waals surface area contributed by atoms with Gasteiger partial charge in [0.05, 0.1) is 12.8 Å². The first-order chi connectivity index (χ1) is 13.5. The predicted octanol–water partition coefficient (Wildman–Crippen LogP) is 4.00. The van der Waals surface area contributed by atoms with Crippen molar-refractivity contribution in [3.63, 3.8) is 0 Å². The average Bonchev–Trinajstić information content (AvgIpc) is 3.32. The minimum atomic E-state index is -3.00. The number of esters is 1. The van der Waals surface area contributed by atoms with Gasteiger partial charge in [-0.25, -0.2) is 14.8 Å². The molecule has 0 saturated carbocycles. The van der Waals surface area contributed by atoms with Crippen molar-refractivity contribution in [1.29, 1.82) is 0 Å². The molecule has 3 aromatic rings. The lowest BCUT2D eigenvalue weighted by molar-refractivity contribution is -0.129. The summed E-state index contributed by atoms with van der Waals surface area (Å²) in [4.78, 5) is 21.2. The number of carbonyl (C=O) groups is 1. The second kappa shape index (κ2) is 7.21. The molecule has 7 nitrogen and oxygen atoms in total. The number of alkyl halides is 2. The first-order valence-electron chi connectivity index (χ1n) is 7.73. The Hall–Kier alpha value is -2.98. The SMILES string of the molecule is COc1cc(C2=N/C(=C\c3c(Cl)nc4sccn34)C(=O)O2)ccc1OC(F)F. The zero-order chi connectivity index (χ0) is 19.8. The number of aliphatic imine (C=N–C) groups is 1. The number of methoxy groups -OCH3 is 1. The molecule has 144 valence electrons. The van der Waals surface area contributed by atoms with Crippen molar-refractivity contribution in [2.24, 2.45) is 4.99 Å². The smallest absolute Gasteiger partial charge is 0.387 e. The number of imidazole rings is 1.